The molecule has 0 bridgehead atoms. The van der Waals surface area contributed by atoms with Crippen LogP contribution in [0.2, 0.25) is 0 Å². The van der Waals surface area contributed by atoms with E-state index in [1.165, 1.54) is 6.07 Å². The Labute approximate surface area is 132 Å². The van der Waals surface area contributed by atoms with Gasteiger partial charge in [0.25, 0.3) is 0 Å². The van der Waals surface area contributed by atoms with E-state index >= 15 is 0 Å². The summed E-state index contributed by atoms with van der Waals surface area (Å²) in [6.07, 6.45) is 0. The molecule has 0 aliphatic carbocycles. The fourth-order valence-corrected chi connectivity index (χ4v) is 2.26. The van der Waals surface area contributed by atoms with Crippen LogP contribution in [0.4, 0.5) is 0 Å². The minimum atomic E-state index is -0.538. The number of aromatic amines is 1. The van der Waals surface area contributed by atoms with Gasteiger partial charge in [0.15, 0.2) is 0 Å². The highest BCUT2D eigenvalue weighted by molar-refractivity contribution is 6.03. The number of fused-ring (bicyclic) bond motifs is 1. The van der Waals surface area contributed by atoms with Crippen molar-refractivity contribution < 1.29 is 14.3 Å². The first-order chi connectivity index (χ1) is 11.2. The highest BCUT2D eigenvalue weighted by Gasteiger charge is 2.12. The minimum absolute atomic E-state index is 0.106. The van der Waals surface area contributed by atoms with Crippen molar-refractivity contribution in [3.05, 3.63) is 76.6 Å². The smallest absolute Gasteiger partial charge is 0.339 e. The summed E-state index contributed by atoms with van der Waals surface area (Å²) in [7, 11) is 0. The lowest BCUT2D eigenvalue weighted by atomic mass is 10.1. The van der Waals surface area contributed by atoms with Crippen molar-refractivity contribution in [1.29, 1.82) is 0 Å². The predicted molar refractivity (Wildman–Crippen MR) is 86.8 cm³/mol. The summed E-state index contributed by atoms with van der Waals surface area (Å²) < 4.78 is 10.7. The topological polar surface area (TPSA) is 68.4 Å². The van der Waals surface area contributed by atoms with E-state index in [0.29, 0.717) is 16.7 Å². The number of H-pyrrole nitrogens is 1. The average molecular weight is 309 g/mol. The molecule has 23 heavy (non-hydrogen) atoms. The molecule has 1 heterocycles. The number of benzene rings is 2. The van der Waals surface area contributed by atoms with E-state index in [-0.39, 0.29) is 24.3 Å². The van der Waals surface area contributed by atoms with Crippen molar-refractivity contribution in [1.82, 2.24) is 4.98 Å². The number of esters is 1. The average Bonchev–Trinajstić information content (AvgIpc) is 2.58. The Kier molecular flexibility index (Phi) is 4.38. The summed E-state index contributed by atoms with van der Waals surface area (Å²) in [5.41, 5.74) is 0.521. The van der Waals surface area contributed by atoms with Gasteiger partial charge in [0.2, 0.25) is 5.56 Å². The van der Waals surface area contributed by atoms with E-state index in [0.717, 1.165) is 0 Å². The number of hydrogen-bond donors (Lipinski definition) is 1. The highest BCUT2D eigenvalue weighted by Crippen LogP contribution is 2.15. The number of para-hydroxylation sites is 2. The van der Waals surface area contributed by atoms with E-state index in [1.807, 2.05) is 30.3 Å². The molecule has 116 valence electrons. The summed E-state index contributed by atoms with van der Waals surface area (Å²) in [5, 5.41) is 0.654. The largest absolute Gasteiger partial charge is 0.490 e. The summed E-state index contributed by atoms with van der Waals surface area (Å²) >= 11 is 0. The Bertz CT molecular complexity index is 871. The van der Waals surface area contributed by atoms with Gasteiger partial charge in [-0.2, -0.15) is 0 Å². The summed E-state index contributed by atoms with van der Waals surface area (Å²) in [5.74, 6) is 0.175. The predicted octanol–water partition coefficient (Wildman–Crippen LogP) is 2.76. The van der Waals surface area contributed by atoms with Crippen LogP contribution in [0, 0.1) is 0 Å². The van der Waals surface area contributed by atoms with Crippen LogP contribution in [-0.2, 0) is 4.74 Å². The van der Waals surface area contributed by atoms with Gasteiger partial charge < -0.3 is 14.5 Å². The molecule has 0 radical (unpaired) electrons. The SMILES string of the molecule is O=C(OCCOc1ccccc1)c1cc(=O)[nH]c2ccccc12. The number of rotatable bonds is 5. The van der Waals surface area contributed by atoms with E-state index in [4.69, 9.17) is 9.47 Å². The zero-order valence-corrected chi connectivity index (χ0v) is 12.3. The van der Waals surface area contributed by atoms with Crippen LogP contribution in [0.3, 0.4) is 0 Å². The molecule has 2 aromatic carbocycles. The molecule has 0 saturated carbocycles. The van der Waals surface area contributed by atoms with Crippen LogP contribution in [0.5, 0.6) is 5.75 Å². The zero-order chi connectivity index (χ0) is 16.1. The van der Waals surface area contributed by atoms with E-state index in [2.05, 4.69) is 4.98 Å². The van der Waals surface area contributed by atoms with Crippen molar-refractivity contribution in [3.8, 4) is 5.75 Å². The highest BCUT2D eigenvalue weighted by atomic mass is 16.6. The summed E-state index contributed by atoms with van der Waals surface area (Å²) in [4.78, 5) is 26.5. The molecule has 5 heteroatoms. The van der Waals surface area contributed by atoms with Crippen molar-refractivity contribution in [2.75, 3.05) is 13.2 Å². The number of aromatic nitrogens is 1. The van der Waals surface area contributed by atoms with Crippen LogP contribution in [0.1, 0.15) is 10.4 Å². The molecule has 0 amide bonds. The lowest BCUT2D eigenvalue weighted by Gasteiger charge is -2.08. The van der Waals surface area contributed by atoms with E-state index in [1.54, 1.807) is 24.3 Å². The molecular weight excluding hydrogens is 294 g/mol. The van der Waals surface area contributed by atoms with Gasteiger partial charge in [0, 0.05) is 17.0 Å². The first kappa shape index (κ1) is 14.8. The molecule has 5 nitrogen and oxygen atoms in total. The number of nitrogens with one attached hydrogen (secondary N) is 1. The zero-order valence-electron chi connectivity index (χ0n) is 12.3. The maximum Gasteiger partial charge on any atom is 0.339 e. The third kappa shape index (κ3) is 3.58. The van der Waals surface area contributed by atoms with Crippen molar-refractivity contribution in [2.45, 2.75) is 0 Å². The van der Waals surface area contributed by atoms with Gasteiger partial charge in [-0.1, -0.05) is 36.4 Å². The molecule has 1 N–H and O–H groups in total. The van der Waals surface area contributed by atoms with Gasteiger partial charge in [-0.3, -0.25) is 4.79 Å². The molecule has 0 fully saturated rings. The van der Waals surface area contributed by atoms with Crippen LogP contribution in [0.25, 0.3) is 10.9 Å². The molecule has 1 aromatic heterocycles. The molecular formula is C18H15NO4. The Morgan fingerprint density at radius 2 is 1.70 bits per heavy atom. The molecule has 0 saturated heterocycles. The normalized spacial score (nSPS) is 10.4. The Balaban J connectivity index is 1.66. The van der Waals surface area contributed by atoms with Crippen molar-refractivity contribution >= 4 is 16.9 Å². The minimum Gasteiger partial charge on any atom is -0.490 e. The second-order valence-electron chi connectivity index (χ2n) is 4.89. The maximum absolute atomic E-state index is 12.2. The first-order valence-corrected chi connectivity index (χ1v) is 7.21. The second-order valence-corrected chi connectivity index (χ2v) is 4.89. The summed E-state index contributed by atoms with van der Waals surface area (Å²) in [6, 6.07) is 17.6. The molecule has 0 unspecified atom stereocenters. The molecule has 0 atom stereocenters. The molecule has 0 aliphatic rings. The Morgan fingerprint density at radius 1 is 0.957 bits per heavy atom. The first-order valence-electron chi connectivity index (χ1n) is 7.21. The lowest BCUT2D eigenvalue weighted by molar-refractivity contribution is 0.0452. The van der Waals surface area contributed by atoms with Crippen LogP contribution in [0.15, 0.2) is 65.5 Å². The third-order valence-corrected chi connectivity index (χ3v) is 3.30. The quantitative estimate of drug-likeness (QED) is 0.581. The van der Waals surface area contributed by atoms with Gasteiger partial charge >= 0.3 is 5.97 Å². The van der Waals surface area contributed by atoms with Gasteiger partial charge in [-0.25, -0.2) is 4.79 Å². The summed E-state index contributed by atoms with van der Waals surface area (Å²) in [6.45, 7) is 0.353. The third-order valence-electron chi connectivity index (χ3n) is 3.30. The standard InChI is InChI=1S/C18H15NO4/c20-17-12-15(14-8-4-5-9-16(14)19-17)18(21)23-11-10-22-13-6-2-1-3-7-13/h1-9,12H,10-11H2,(H,19,20). The van der Waals surface area contributed by atoms with Crippen LogP contribution in [-0.4, -0.2) is 24.2 Å². The lowest BCUT2D eigenvalue weighted by Crippen LogP contribution is -2.16. The van der Waals surface area contributed by atoms with Gasteiger partial charge in [-0.05, 0) is 18.2 Å². The Hall–Kier alpha value is -3.08. The van der Waals surface area contributed by atoms with Crippen LogP contribution >= 0.6 is 0 Å². The number of ether oxygens (including phenoxy) is 2. The van der Waals surface area contributed by atoms with E-state index < -0.39 is 5.97 Å². The Morgan fingerprint density at radius 3 is 2.52 bits per heavy atom. The van der Waals surface area contributed by atoms with Gasteiger partial charge in [0.1, 0.15) is 19.0 Å². The molecule has 3 aromatic rings. The van der Waals surface area contributed by atoms with Crippen molar-refractivity contribution in [3.63, 3.8) is 0 Å². The monoisotopic (exact) mass is 309 g/mol. The maximum atomic E-state index is 12.2. The number of carbonyl (C=O) groups is 1. The molecule has 0 spiro atoms. The van der Waals surface area contributed by atoms with E-state index in [9.17, 15) is 9.59 Å². The number of hydrogen-bond acceptors (Lipinski definition) is 4. The molecule has 0 aliphatic heterocycles. The number of carbonyl (C=O) groups excluding carboxylic acids is 1. The van der Waals surface area contributed by atoms with Gasteiger partial charge in [0.05, 0.1) is 5.56 Å². The number of pyridine rings is 1. The van der Waals surface area contributed by atoms with Gasteiger partial charge in [-0.15, -0.1) is 0 Å². The van der Waals surface area contributed by atoms with Crippen molar-refractivity contribution in [2.24, 2.45) is 0 Å². The fourth-order valence-electron chi connectivity index (χ4n) is 2.26. The van der Waals surface area contributed by atoms with Crippen LogP contribution < -0.4 is 10.3 Å². The molecule has 3 rings (SSSR count). The fraction of sp³-hybridized carbons (Fsp3) is 0.111. The second kappa shape index (κ2) is 6.79.